The van der Waals surface area contributed by atoms with Crippen molar-refractivity contribution in [3.05, 3.63) is 70.1 Å². The number of hydrogen-bond donors (Lipinski definition) is 1. The fraction of sp³-hybridized carbons (Fsp3) is 0.280. The van der Waals surface area contributed by atoms with Gasteiger partial charge < -0.3 is 14.8 Å². The maximum atomic E-state index is 12.9. The number of ether oxygens (including phenoxy) is 2. The van der Waals surface area contributed by atoms with Crippen LogP contribution in [0.5, 0.6) is 5.75 Å². The van der Waals surface area contributed by atoms with Crippen molar-refractivity contribution in [2.24, 2.45) is 0 Å². The average Bonchev–Trinajstić information content (AvgIpc) is 3.15. The predicted octanol–water partition coefficient (Wildman–Crippen LogP) is 5.92. The normalized spacial score (nSPS) is 10.6. The zero-order chi connectivity index (χ0) is 22.4. The van der Waals surface area contributed by atoms with Crippen LogP contribution in [0.2, 0.25) is 0 Å². The summed E-state index contributed by atoms with van der Waals surface area (Å²) in [7, 11) is 0. The summed E-state index contributed by atoms with van der Waals surface area (Å²) < 4.78 is 11.0. The molecule has 0 atom stereocenters. The number of anilines is 1. The molecule has 1 amide bonds. The zero-order valence-electron chi connectivity index (χ0n) is 18.3. The Balaban J connectivity index is 1.85. The molecule has 31 heavy (non-hydrogen) atoms. The first-order valence-corrected chi connectivity index (χ1v) is 11.1. The highest BCUT2D eigenvalue weighted by Crippen LogP contribution is 2.38. The van der Waals surface area contributed by atoms with Crippen LogP contribution in [-0.4, -0.2) is 25.1 Å². The molecule has 0 unspecified atom stereocenters. The number of rotatable bonds is 8. The Morgan fingerprint density at radius 3 is 2.52 bits per heavy atom. The first-order valence-electron chi connectivity index (χ1n) is 10.2. The largest absolute Gasteiger partial charge is 0.484 e. The molecule has 3 aromatic rings. The van der Waals surface area contributed by atoms with Gasteiger partial charge in [-0.1, -0.05) is 42.8 Å². The van der Waals surface area contributed by atoms with E-state index in [-0.39, 0.29) is 12.5 Å². The summed E-state index contributed by atoms with van der Waals surface area (Å²) in [5, 5.41) is 5.19. The number of aryl methyl sites for hydroxylation is 3. The third-order valence-corrected chi connectivity index (χ3v) is 5.62. The quantitative estimate of drug-likeness (QED) is 0.444. The van der Waals surface area contributed by atoms with Crippen LogP contribution in [0.3, 0.4) is 0 Å². The molecule has 0 fully saturated rings. The molecule has 2 aromatic carbocycles. The first-order chi connectivity index (χ1) is 14.9. The predicted molar refractivity (Wildman–Crippen MR) is 125 cm³/mol. The van der Waals surface area contributed by atoms with E-state index in [1.807, 2.05) is 69.5 Å². The molecule has 1 aromatic heterocycles. The number of nitrogens with one attached hydrogen (secondary N) is 1. The van der Waals surface area contributed by atoms with E-state index in [0.29, 0.717) is 22.9 Å². The molecule has 162 valence electrons. The van der Waals surface area contributed by atoms with E-state index < -0.39 is 5.97 Å². The smallest absolute Gasteiger partial charge is 0.341 e. The van der Waals surface area contributed by atoms with Gasteiger partial charge in [0.15, 0.2) is 6.61 Å². The summed E-state index contributed by atoms with van der Waals surface area (Å²) in [6.07, 6.45) is 0.723. The van der Waals surface area contributed by atoms with Crippen LogP contribution in [0.15, 0.2) is 47.8 Å². The van der Waals surface area contributed by atoms with Crippen molar-refractivity contribution in [2.75, 3.05) is 18.5 Å². The molecule has 1 heterocycles. The fourth-order valence-corrected chi connectivity index (χ4v) is 4.12. The van der Waals surface area contributed by atoms with Gasteiger partial charge in [-0.25, -0.2) is 4.79 Å². The van der Waals surface area contributed by atoms with Gasteiger partial charge in [-0.05, 0) is 56.0 Å². The van der Waals surface area contributed by atoms with Crippen molar-refractivity contribution < 1.29 is 19.1 Å². The minimum atomic E-state index is -0.436. The molecule has 1 N–H and O–H groups in total. The molecule has 0 saturated carbocycles. The molecular formula is C25H27NO4S. The second kappa shape index (κ2) is 10.3. The zero-order valence-corrected chi connectivity index (χ0v) is 19.1. The number of carbonyl (C=O) groups excluding carboxylic acids is 2. The summed E-state index contributed by atoms with van der Waals surface area (Å²) in [4.78, 5) is 25.4. The Hall–Kier alpha value is -3.12. The van der Waals surface area contributed by atoms with Gasteiger partial charge in [0.25, 0.3) is 5.91 Å². The first kappa shape index (κ1) is 22.6. The molecular weight excluding hydrogens is 410 g/mol. The summed E-state index contributed by atoms with van der Waals surface area (Å²) in [6, 6.07) is 13.6. The van der Waals surface area contributed by atoms with E-state index in [1.165, 1.54) is 11.3 Å². The number of esters is 1. The highest BCUT2D eigenvalue weighted by Gasteiger charge is 2.24. The van der Waals surface area contributed by atoms with Gasteiger partial charge in [0.2, 0.25) is 0 Å². The molecule has 0 radical (unpaired) electrons. The minimum Gasteiger partial charge on any atom is -0.484 e. The van der Waals surface area contributed by atoms with Crippen molar-refractivity contribution in [1.82, 2.24) is 0 Å². The Kier molecular flexibility index (Phi) is 7.47. The van der Waals surface area contributed by atoms with Crippen molar-refractivity contribution in [3.63, 3.8) is 0 Å². The summed E-state index contributed by atoms with van der Waals surface area (Å²) in [5.74, 6) is -0.144. The van der Waals surface area contributed by atoms with Crippen molar-refractivity contribution in [3.8, 4) is 16.9 Å². The van der Waals surface area contributed by atoms with Crippen LogP contribution in [-0.2, 0) is 9.53 Å². The molecule has 0 saturated heterocycles. The van der Waals surface area contributed by atoms with Crippen molar-refractivity contribution >= 4 is 28.2 Å². The summed E-state index contributed by atoms with van der Waals surface area (Å²) in [6.45, 7) is 8.09. The third-order valence-electron chi connectivity index (χ3n) is 4.73. The van der Waals surface area contributed by atoms with Crippen molar-refractivity contribution in [2.45, 2.75) is 34.1 Å². The molecule has 0 aliphatic heterocycles. The topological polar surface area (TPSA) is 64.6 Å². The molecule has 0 aliphatic carbocycles. The van der Waals surface area contributed by atoms with Crippen LogP contribution in [0.25, 0.3) is 11.1 Å². The summed E-state index contributed by atoms with van der Waals surface area (Å²) in [5.41, 5.74) is 5.30. The number of carbonyl (C=O) groups is 2. The number of amides is 1. The Morgan fingerprint density at radius 1 is 1.00 bits per heavy atom. The number of benzene rings is 2. The SMILES string of the molecule is CCCOC(=O)c1c(-c2cc(C)ccc2C)csc1NC(=O)COc1cccc(C)c1. The Labute approximate surface area is 187 Å². The molecule has 6 heteroatoms. The lowest BCUT2D eigenvalue weighted by Gasteiger charge is -2.12. The van der Waals surface area contributed by atoms with Crippen LogP contribution in [0.1, 0.15) is 40.4 Å². The fourth-order valence-electron chi connectivity index (χ4n) is 3.16. The van der Waals surface area contributed by atoms with Gasteiger partial charge in [-0.3, -0.25) is 4.79 Å². The maximum absolute atomic E-state index is 12.9. The van der Waals surface area contributed by atoms with Gasteiger partial charge in [-0.15, -0.1) is 11.3 Å². The molecule has 3 rings (SSSR count). The molecule has 0 spiro atoms. The van der Waals surface area contributed by atoms with Gasteiger partial charge in [0, 0.05) is 10.9 Å². The van der Waals surface area contributed by atoms with E-state index in [4.69, 9.17) is 9.47 Å². The lowest BCUT2D eigenvalue weighted by atomic mass is 9.97. The monoisotopic (exact) mass is 437 g/mol. The van der Waals surface area contributed by atoms with Gasteiger partial charge in [-0.2, -0.15) is 0 Å². The summed E-state index contributed by atoms with van der Waals surface area (Å²) >= 11 is 1.31. The lowest BCUT2D eigenvalue weighted by molar-refractivity contribution is -0.118. The van der Waals surface area contributed by atoms with E-state index >= 15 is 0 Å². The molecule has 5 nitrogen and oxygen atoms in total. The molecule has 0 bridgehead atoms. The standard InChI is InChI=1S/C25H27NO4S/c1-5-11-29-25(28)23-21(20-13-17(3)9-10-18(20)4)15-31-24(23)26-22(27)14-30-19-8-6-7-16(2)12-19/h6-10,12-13,15H,5,11,14H2,1-4H3,(H,26,27). The average molecular weight is 438 g/mol. The van der Waals surface area contributed by atoms with Crippen LogP contribution in [0, 0.1) is 20.8 Å². The highest BCUT2D eigenvalue weighted by molar-refractivity contribution is 7.15. The van der Waals surface area contributed by atoms with Crippen molar-refractivity contribution in [1.29, 1.82) is 0 Å². The Morgan fingerprint density at radius 2 is 1.77 bits per heavy atom. The van der Waals surface area contributed by atoms with Crippen LogP contribution in [0.4, 0.5) is 5.00 Å². The number of thiophene rings is 1. The van der Waals surface area contributed by atoms with Crippen LogP contribution < -0.4 is 10.1 Å². The number of hydrogen-bond acceptors (Lipinski definition) is 5. The third kappa shape index (κ3) is 5.73. The second-order valence-electron chi connectivity index (χ2n) is 7.46. The van der Waals surface area contributed by atoms with Gasteiger partial charge in [0.1, 0.15) is 16.3 Å². The molecule has 0 aliphatic rings. The van der Waals surface area contributed by atoms with E-state index in [0.717, 1.165) is 34.2 Å². The van der Waals surface area contributed by atoms with E-state index in [9.17, 15) is 9.59 Å². The highest BCUT2D eigenvalue weighted by atomic mass is 32.1. The second-order valence-corrected chi connectivity index (χ2v) is 8.34. The van der Waals surface area contributed by atoms with Gasteiger partial charge in [0.05, 0.1) is 6.61 Å². The Bertz CT molecular complexity index is 1090. The van der Waals surface area contributed by atoms with E-state index in [2.05, 4.69) is 5.32 Å². The van der Waals surface area contributed by atoms with Gasteiger partial charge >= 0.3 is 5.97 Å². The van der Waals surface area contributed by atoms with E-state index in [1.54, 1.807) is 6.07 Å². The maximum Gasteiger partial charge on any atom is 0.341 e. The van der Waals surface area contributed by atoms with Crippen LogP contribution >= 0.6 is 11.3 Å². The lowest BCUT2D eigenvalue weighted by Crippen LogP contribution is -2.21. The minimum absolute atomic E-state index is 0.149.